The Morgan fingerprint density at radius 1 is 0.178 bits per heavy atom. The summed E-state index contributed by atoms with van der Waals surface area (Å²) in [5.74, 6) is 0. The van der Waals surface area contributed by atoms with E-state index in [-0.39, 0.29) is 0 Å². The van der Waals surface area contributed by atoms with Crippen LogP contribution in [0.1, 0.15) is 284 Å². The summed E-state index contributed by atoms with van der Waals surface area (Å²) in [7, 11) is 0. The molecule has 0 unspecified atom stereocenters. The zero-order valence-electron chi connectivity index (χ0n) is 32.3. The fraction of sp³-hybridized carbons (Fsp3) is 0.978. The summed E-state index contributed by atoms with van der Waals surface area (Å²) in [6.45, 7) is 4.62. The number of hydrogen-bond donors (Lipinski definition) is 0. The van der Waals surface area contributed by atoms with Crippen LogP contribution < -0.4 is 0 Å². The van der Waals surface area contributed by atoms with Gasteiger partial charge in [0.2, 0.25) is 0 Å². The van der Waals surface area contributed by atoms with Gasteiger partial charge < -0.3 is 0 Å². The van der Waals surface area contributed by atoms with Crippen molar-refractivity contribution in [2.75, 3.05) is 0 Å². The molecule has 0 fully saturated rings. The molecule has 271 valence electrons. The van der Waals surface area contributed by atoms with Crippen molar-refractivity contribution in [1.82, 2.24) is 0 Å². The molecule has 0 bridgehead atoms. The molecule has 0 saturated carbocycles. The zero-order chi connectivity index (χ0) is 32.4. The standard InChI is InChI=1S/C45H91/c1-3-5-7-9-11-13-15-17-19-21-23-25-27-29-31-33-35-37-39-41-43-45-44-42-40-38-36-34-32-30-28-26-24-22-20-18-16-14-12-10-8-6-4-2/h35H,3-34,36-45H2,1-2H3. The van der Waals surface area contributed by atoms with E-state index in [1.54, 1.807) is 0 Å². The minimum absolute atomic E-state index is 1.37. The van der Waals surface area contributed by atoms with Crippen LogP contribution in [0.2, 0.25) is 0 Å². The van der Waals surface area contributed by atoms with Crippen molar-refractivity contribution < 1.29 is 0 Å². The van der Waals surface area contributed by atoms with Crippen LogP contribution >= 0.6 is 0 Å². The van der Waals surface area contributed by atoms with Gasteiger partial charge in [0.25, 0.3) is 0 Å². The highest BCUT2D eigenvalue weighted by Gasteiger charge is 1.98. The lowest BCUT2D eigenvalue weighted by Crippen LogP contribution is -1.85. The fourth-order valence-electron chi connectivity index (χ4n) is 7.23. The van der Waals surface area contributed by atoms with E-state index in [2.05, 4.69) is 20.3 Å². The summed E-state index contributed by atoms with van der Waals surface area (Å²) in [6, 6.07) is 0. The molecule has 0 nitrogen and oxygen atoms in total. The van der Waals surface area contributed by atoms with Gasteiger partial charge >= 0.3 is 0 Å². The Labute approximate surface area is 289 Å². The number of unbranched alkanes of at least 4 members (excludes halogenated alkanes) is 42. The van der Waals surface area contributed by atoms with E-state index in [0.717, 1.165) is 0 Å². The van der Waals surface area contributed by atoms with Crippen LogP contribution in [0.15, 0.2) is 0 Å². The summed E-state index contributed by atoms with van der Waals surface area (Å²) in [4.78, 5) is 0. The second kappa shape index (κ2) is 44.0. The number of rotatable bonds is 42. The molecular formula is C45H91. The molecule has 0 aromatic carbocycles. The lowest BCUT2D eigenvalue weighted by molar-refractivity contribution is 0.515. The minimum atomic E-state index is 1.37. The van der Waals surface area contributed by atoms with E-state index < -0.39 is 0 Å². The third-order valence-electron chi connectivity index (χ3n) is 10.5. The van der Waals surface area contributed by atoms with E-state index in [1.165, 1.54) is 270 Å². The summed E-state index contributed by atoms with van der Waals surface area (Å²) in [5, 5.41) is 0. The van der Waals surface area contributed by atoms with Crippen LogP contribution in [-0.4, -0.2) is 0 Å². The van der Waals surface area contributed by atoms with Crippen molar-refractivity contribution in [3.8, 4) is 0 Å². The molecule has 0 heterocycles. The van der Waals surface area contributed by atoms with E-state index >= 15 is 0 Å². The fourth-order valence-corrected chi connectivity index (χ4v) is 7.23. The highest BCUT2D eigenvalue weighted by molar-refractivity contribution is 4.65. The van der Waals surface area contributed by atoms with Gasteiger partial charge in [0.05, 0.1) is 0 Å². The molecule has 0 aromatic heterocycles. The van der Waals surface area contributed by atoms with Crippen molar-refractivity contribution in [2.24, 2.45) is 0 Å². The first-order valence-electron chi connectivity index (χ1n) is 22.2. The van der Waals surface area contributed by atoms with Crippen molar-refractivity contribution in [1.29, 1.82) is 0 Å². The molecular weight excluding hydrogens is 540 g/mol. The first kappa shape index (κ1) is 45.0. The van der Waals surface area contributed by atoms with Crippen molar-refractivity contribution >= 4 is 0 Å². The SMILES string of the molecule is CCCCCCCCCCCCCCCCC[CH]CCCCCCCCCCCCCCCCCCCCCCCCCCC. The molecule has 0 atom stereocenters. The van der Waals surface area contributed by atoms with Gasteiger partial charge in [-0.2, -0.15) is 0 Å². The maximum absolute atomic E-state index is 2.60. The topological polar surface area (TPSA) is 0 Å². The van der Waals surface area contributed by atoms with Gasteiger partial charge in [-0.3, -0.25) is 0 Å². The lowest BCUT2D eigenvalue weighted by atomic mass is 10.0. The average Bonchev–Trinajstić information content (AvgIpc) is 3.05. The van der Waals surface area contributed by atoms with Crippen LogP contribution in [0.3, 0.4) is 0 Å². The highest BCUT2D eigenvalue weighted by atomic mass is 14.0. The highest BCUT2D eigenvalue weighted by Crippen LogP contribution is 2.17. The van der Waals surface area contributed by atoms with Gasteiger partial charge in [-0.1, -0.05) is 284 Å². The first-order valence-corrected chi connectivity index (χ1v) is 22.2. The van der Waals surface area contributed by atoms with E-state index in [9.17, 15) is 0 Å². The molecule has 0 heteroatoms. The average molecular weight is 632 g/mol. The molecule has 0 spiro atoms. The van der Waals surface area contributed by atoms with E-state index in [0.29, 0.717) is 0 Å². The van der Waals surface area contributed by atoms with Gasteiger partial charge in [-0.15, -0.1) is 0 Å². The third kappa shape index (κ3) is 44.0. The Hall–Kier alpha value is 0. The quantitative estimate of drug-likeness (QED) is 0.0588. The maximum Gasteiger partial charge on any atom is -0.0386 e. The maximum atomic E-state index is 2.60. The Morgan fingerprint density at radius 3 is 0.467 bits per heavy atom. The zero-order valence-corrected chi connectivity index (χ0v) is 32.3. The van der Waals surface area contributed by atoms with Crippen LogP contribution in [0.4, 0.5) is 0 Å². The summed E-state index contributed by atoms with van der Waals surface area (Å²) in [6.07, 6.45) is 64.4. The van der Waals surface area contributed by atoms with E-state index in [1.807, 2.05) is 0 Å². The molecule has 0 saturated heterocycles. The minimum Gasteiger partial charge on any atom is -0.0654 e. The summed E-state index contributed by atoms with van der Waals surface area (Å²) in [5.41, 5.74) is 0. The predicted octanol–water partition coefficient (Wildman–Crippen LogP) is 17.6. The molecule has 45 heavy (non-hydrogen) atoms. The molecule has 0 aromatic rings. The van der Waals surface area contributed by atoms with Crippen LogP contribution in [0, 0.1) is 6.42 Å². The largest absolute Gasteiger partial charge is 0.0654 e. The van der Waals surface area contributed by atoms with E-state index in [4.69, 9.17) is 0 Å². The van der Waals surface area contributed by atoms with Gasteiger partial charge in [-0.25, -0.2) is 0 Å². The smallest absolute Gasteiger partial charge is 0.0386 e. The molecule has 1 radical (unpaired) electrons. The molecule has 0 aliphatic heterocycles. The number of hydrogen-bond acceptors (Lipinski definition) is 0. The first-order chi connectivity index (χ1) is 22.4. The lowest BCUT2D eigenvalue weighted by Gasteiger charge is -2.05. The van der Waals surface area contributed by atoms with Gasteiger partial charge in [-0.05, 0) is 6.42 Å². The van der Waals surface area contributed by atoms with Gasteiger partial charge in [0.15, 0.2) is 0 Å². The molecule has 0 aliphatic rings. The van der Waals surface area contributed by atoms with Crippen LogP contribution in [0.25, 0.3) is 0 Å². The molecule has 0 rings (SSSR count). The van der Waals surface area contributed by atoms with Gasteiger partial charge in [0, 0.05) is 0 Å². The second-order valence-corrected chi connectivity index (χ2v) is 15.3. The van der Waals surface area contributed by atoms with Crippen LogP contribution in [0.5, 0.6) is 0 Å². The predicted molar refractivity (Wildman–Crippen MR) is 210 cm³/mol. The van der Waals surface area contributed by atoms with Crippen molar-refractivity contribution in [3.05, 3.63) is 6.42 Å². The molecule has 0 N–H and O–H groups in total. The van der Waals surface area contributed by atoms with Crippen molar-refractivity contribution in [3.63, 3.8) is 0 Å². The van der Waals surface area contributed by atoms with Crippen molar-refractivity contribution in [2.45, 2.75) is 284 Å². The third-order valence-corrected chi connectivity index (χ3v) is 10.5. The monoisotopic (exact) mass is 632 g/mol. The molecule has 0 amide bonds. The molecule has 0 aliphatic carbocycles. The van der Waals surface area contributed by atoms with Crippen LogP contribution in [-0.2, 0) is 0 Å². The summed E-state index contributed by atoms with van der Waals surface area (Å²) < 4.78 is 0. The Bertz CT molecular complexity index is 425. The van der Waals surface area contributed by atoms with Gasteiger partial charge in [0.1, 0.15) is 0 Å². The normalized spacial score (nSPS) is 11.6. The Morgan fingerprint density at radius 2 is 0.311 bits per heavy atom. The summed E-state index contributed by atoms with van der Waals surface area (Å²) >= 11 is 0. The Kier molecular flexibility index (Phi) is 44.0. The second-order valence-electron chi connectivity index (χ2n) is 15.3. The Balaban J connectivity index is 3.03.